The molecule has 0 saturated carbocycles. The van der Waals surface area contributed by atoms with E-state index < -0.39 is 10.2 Å². The first kappa shape index (κ1) is 12.3. The van der Waals surface area contributed by atoms with Gasteiger partial charge in [0, 0.05) is 31.7 Å². The van der Waals surface area contributed by atoms with Crippen LogP contribution in [-0.2, 0) is 10.2 Å². The molecule has 2 fully saturated rings. The summed E-state index contributed by atoms with van der Waals surface area (Å²) in [5.74, 6) is 0. The van der Waals surface area contributed by atoms with Crippen LogP contribution in [0.2, 0.25) is 0 Å². The molecule has 0 radical (unpaired) electrons. The minimum Gasteiger partial charge on any atom is -0.312 e. The van der Waals surface area contributed by atoms with E-state index in [2.05, 4.69) is 5.32 Å². The Kier molecular flexibility index (Phi) is 3.27. The molecule has 2 aliphatic heterocycles. The third-order valence-corrected chi connectivity index (χ3v) is 5.92. The Balaban J connectivity index is 2.18. The summed E-state index contributed by atoms with van der Waals surface area (Å²) in [5.41, 5.74) is 0. The molecule has 1 N–H and O–H groups in total. The van der Waals surface area contributed by atoms with Crippen LogP contribution in [0.15, 0.2) is 0 Å². The Hall–Kier alpha value is -0.170. The van der Waals surface area contributed by atoms with Crippen molar-refractivity contribution in [1.29, 1.82) is 0 Å². The van der Waals surface area contributed by atoms with Gasteiger partial charge in [0.2, 0.25) is 0 Å². The van der Waals surface area contributed by atoms with E-state index in [9.17, 15) is 8.42 Å². The van der Waals surface area contributed by atoms with E-state index in [0.717, 1.165) is 19.4 Å². The maximum Gasteiger partial charge on any atom is 0.282 e. The fourth-order valence-corrected chi connectivity index (χ4v) is 4.34. The van der Waals surface area contributed by atoms with Crippen LogP contribution < -0.4 is 5.32 Å². The van der Waals surface area contributed by atoms with Gasteiger partial charge in [-0.2, -0.15) is 17.0 Å². The summed E-state index contributed by atoms with van der Waals surface area (Å²) >= 11 is 0. The van der Waals surface area contributed by atoms with Crippen LogP contribution in [0.4, 0.5) is 0 Å². The predicted molar refractivity (Wildman–Crippen MR) is 63.3 cm³/mol. The van der Waals surface area contributed by atoms with Crippen LogP contribution in [-0.4, -0.2) is 55.3 Å². The predicted octanol–water partition coefficient (Wildman–Crippen LogP) is 0.00760. The molecule has 0 aromatic heterocycles. The summed E-state index contributed by atoms with van der Waals surface area (Å²) in [6, 6.07) is 0.556. The van der Waals surface area contributed by atoms with Gasteiger partial charge >= 0.3 is 0 Å². The van der Waals surface area contributed by atoms with Gasteiger partial charge in [-0.1, -0.05) is 0 Å². The highest BCUT2D eigenvalue weighted by molar-refractivity contribution is 7.86. The Bertz CT molecular complexity index is 355. The van der Waals surface area contributed by atoms with Crippen molar-refractivity contribution in [2.24, 2.45) is 0 Å². The highest BCUT2D eigenvalue weighted by Crippen LogP contribution is 2.29. The molecular formula is C10H21N3O2S. The lowest BCUT2D eigenvalue weighted by Gasteiger charge is -2.30. The van der Waals surface area contributed by atoms with Gasteiger partial charge in [-0.3, -0.25) is 0 Å². The van der Waals surface area contributed by atoms with E-state index in [1.807, 2.05) is 13.8 Å². The van der Waals surface area contributed by atoms with Gasteiger partial charge in [0.15, 0.2) is 0 Å². The molecule has 0 bridgehead atoms. The molecule has 2 aliphatic rings. The highest BCUT2D eigenvalue weighted by atomic mass is 32.2. The Morgan fingerprint density at radius 3 is 2.69 bits per heavy atom. The minimum atomic E-state index is -3.27. The minimum absolute atomic E-state index is 0.0124. The van der Waals surface area contributed by atoms with Gasteiger partial charge in [-0.25, -0.2) is 0 Å². The summed E-state index contributed by atoms with van der Waals surface area (Å²) in [7, 11) is -1.60. The first-order valence-corrected chi connectivity index (χ1v) is 7.32. The molecule has 16 heavy (non-hydrogen) atoms. The Morgan fingerprint density at radius 2 is 2.06 bits per heavy atom. The maximum atomic E-state index is 12.3. The first-order chi connectivity index (χ1) is 7.44. The second-order valence-electron chi connectivity index (χ2n) is 4.93. The molecular weight excluding hydrogens is 226 g/mol. The number of rotatable bonds is 3. The van der Waals surface area contributed by atoms with Crippen LogP contribution >= 0.6 is 0 Å². The molecule has 0 aromatic carbocycles. The summed E-state index contributed by atoms with van der Waals surface area (Å²) in [6.45, 7) is 5.39. The molecule has 0 amide bonds. The monoisotopic (exact) mass is 247 g/mol. The molecule has 6 heteroatoms. The fourth-order valence-electron chi connectivity index (χ4n) is 2.54. The van der Waals surface area contributed by atoms with Crippen molar-refractivity contribution in [2.75, 3.05) is 20.1 Å². The zero-order chi connectivity index (χ0) is 11.9. The lowest BCUT2D eigenvalue weighted by molar-refractivity contribution is 0.322. The first-order valence-electron chi connectivity index (χ1n) is 5.93. The third kappa shape index (κ3) is 1.88. The van der Waals surface area contributed by atoms with Gasteiger partial charge in [-0.15, -0.1) is 0 Å². The highest BCUT2D eigenvalue weighted by Gasteiger charge is 2.44. The normalized spacial score (nSPS) is 31.6. The quantitative estimate of drug-likeness (QED) is 0.764. The number of nitrogens with one attached hydrogen (secondary N) is 1. The molecule has 2 heterocycles. The number of hydrogen-bond donors (Lipinski definition) is 1. The summed E-state index contributed by atoms with van der Waals surface area (Å²) in [5, 5.41) is 3.36. The number of fused-ring (bicyclic) bond motifs is 1. The summed E-state index contributed by atoms with van der Waals surface area (Å²) in [4.78, 5) is 0. The van der Waals surface area contributed by atoms with Gasteiger partial charge < -0.3 is 5.32 Å². The molecule has 2 unspecified atom stereocenters. The van der Waals surface area contributed by atoms with Crippen LogP contribution in [0.5, 0.6) is 0 Å². The Morgan fingerprint density at radius 1 is 1.38 bits per heavy atom. The van der Waals surface area contributed by atoms with Crippen molar-refractivity contribution < 1.29 is 8.42 Å². The number of hydrogen-bond acceptors (Lipinski definition) is 3. The van der Waals surface area contributed by atoms with Gasteiger partial charge in [0.25, 0.3) is 10.2 Å². The largest absolute Gasteiger partial charge is 0.312 e. The van der Waals surface area contributed by atoms with E-state index in [-0.39, 0.29) is 12.1 Å². The van der Waals surface area contributed by atoms with Crippen molar-refractivity contribution in [2.45, 2.75) is 44.8 Å². The van der Waals surface area contributed by atoms with E-state index >= 15 is 0 Å². The smallest absolute Gasteiger partial charge is 0.282 e. The van der Waals surface area contributed by atoms with Gasteiger partial charge in [-0.05, 0) is 33.2 Å². The van der Waals surface area contributed by atoms with Crippen molar-refractivity contribution in [3.05, 3.63) is 0 Å². The molecule has 94 valence electrons. The number of nitrogens with zero attached hydrogens (tertiary/aromatic N) is 2. The molecule has 5 nitrogen and oxygen atoms in total. The van der Waals surface area contributed by atoms with E-state index in [0.29, 0.717) is 12.6 Å². The zero-order valence-electron chi connectivity index (χ0n) is 10.2. The van der Waals surface area contributed by atoms with Crippen LogP contribution in [0, 0.1) is 0 Å². The molecule has 0 aromatic rings. The molecule has 2 saturated heterocycles. The van der Waals surface area contributed by atoms with E-state index in [4.69, 9.17) is 0 Å². The SMILES string of the molecule is CC(C)N(C)S(=O)(=O)N1CCC2NCCC21. The summed E-state index contributed by atoms with van der Waals surface area (Å²) < 4.78 is 27.8. The topological polar surface area (TPSA) is 52.7 Å². The third-order valence-electron chi connectivity index (χ3n) is 3.73. The van der Waals surface area contributed by atoms with Crippen LogP contribution in [0.3, 0.4) is 0 Å². The molecule has 0 aliphatic carbocycles. The van der Waals surface area contributed by atoms with Crippen molar-refractivity contribution in [3.8, 4) is 0 Å². The van der Waals surface area contributed by atoms with Crippen LogP contribution in [0.1, 0.15) is 26.7 Å². The average Bonchev–Trinajstić information content (AvgIpc) is 2.76. The van der Waals surface area contributed by atoms with E-state index in [1.54, 1.807) is 11.4 Å². The molecule has 2 atom stereocenters. The lowest BCUT2D eigenvalue weighted by Crippen LogP contribution is -2.47. The Labute approximate surface area is 98.0 Å². The van der Waals surface area contributed by atoms with Crippen molar-refractivity contribution in [3.63, 3.8) is 0 Å². The average molecular weight is 247 g/mol. The summed E-state index contributed by atoms with van der Waals surface area (Å²) in [6.07, 6.45) is 1.88. The maximum absolute atomic E-state index is 12.3. The molecule has 0 spiro atoms. The van der Waals surface area contributed by atoms with Crippen molar-refractivity contribution in [1.82, 2.24) is 13.9 Å². The fraction of sp³-hybridized carbons (Fsp3) is 1.00. The van der Waals surface area contributed by atoms with Crippen LogP contribution in [0.25, 0.3) is 0 Å². The van der Waals surface area contributed by atoms with Gasteiger partial charge in [0.1, 0.15) is 0 Å². The van der Waals surface area contributed by atoms with E-state index in [1.165, 1.54) is 4.31 Å². The van der Waals surface area contributed by atoms with Crippen molar-refractivity contribution >= 4 is 10.2 Å². The molecule has 2 rings (SSSR count). The van der Waals surface area contributed by atoms with Gasteiger partial charge in [0.05, 0.1) is 0 Å². The second-order valence-corrected chi connectivity index (χ2v) is 6.87. The standard InChI is InChI=1S/C10H21N3O2S/c1-8(2)12(3)16(14,15)13-7-5-9-10(13)4-6-11-9/h8-11H,4-7H2,1-3H3. The second kappa shape index (κ2) is 4.25. The lowest BCUT2D eigenvalue weighted by atomic mass is 10.1. The zero-order valence-corrected chi connectivity index (χ0v) is 11.0.